The Bertz CT molecular complexity index is 553. The van der Waals surface area contributed by atoms with E-state index < -0.39 is 16.8 Å². The Hall–Kier alpha value is -2.69. The normalized spacial score (nSPS) is 11.2. The summed E-state index contributed by atoms with van der Waals surface area (Å²) in [5.74, 6) is -1.54. The first-order valence-corrected chi connectivity index (χ1v) is 5.78. The van der Waals surface area contributed by atoms with E-state index in [0.29, 0.717) is 0 Å². The number of nitro groups is 1. The molecule has 1 aromatic heterocycles. The second-order valence-electron chi connectivity index (χ2n) is 3.71. The van der Waals surface area contributed by atoms with Crippen molar-refractivity contribution in [1.82, 2.24) is 4.98 Å². The van der Waals surface area contributed by atoms with Crippen molar-refractivity contribution >= 4 is 11.7 Å². The smallest absolute Gasteiger partial charge is 0.307 e. The summed E-state index contributed by atoms with van der Waals surface area (Å²) in [5.41, 5.74) is -0.438. The van der Waals surface area contributed by atoms with Gasteiger partial charge in [-0.25, -0.2) is 4.98 Å². The van der Waals surface area contributed by atoms with Crippen LogP contribution in [0.25, 0.3) is 0 Å². The van der Waals surface area contributed by atoms with E-state index in [-0.39, 0.29) is 30.3 Å². The van der Waals surface area contributed by atoms with E-state index >= 15 is 0 Å². The molecule has 0 radical (unpaired) electrons. The van der Waals surface area contributed by atoms with Crippen molar-refractivity contribution in [1.29, 1.82) is 5.26 Å². The Morgan fingerprint density at radius 1 is 1.60 bits per heavy atom. The number of methoxy groups -OCH3 is 1. The first kappa shape index (κ1) is 15.4. The molecule has 0 spiro atoms. The Kier molecular flexibility index (Phi) is 5.41. The third-order valence-electron chi connectivity index (χ3n) is 2.44. The van der Waals surface area contributed by atoms with Crippen LogP contribution in [0.5, 0.6) is 5.88 Å². The molecule has 0 saturated heterocycles. The molecule has 106 valence electrons. The number of nitrogens with zero attached hydrogens (tertiary/aromatic N) is 3. The quantitative estimate of drug-likeness (QED) is 0.440. The average molecular weight is 279 g/mol. The molecule has 0 aliphatic carbocycles. The van der Waals surface area contributed by atoms with Gasteiger partial charge in [0.25, 0.3) is 5.69 Å². The number of esters is 1. The van der Waals surface area contributed by atoms with Crippen LogP contribution in [0.15, 0.2) is 12.1 Å². The highest BCUT2D eigenvalue weighted by Crippen LogP contribution is 2.29. The summed E-state index contributed by atoms with van der Waals surface area (Å²) in [4.78, 5) is 25.6. The SMILES string of the molecule is CCOC(=O)CC(C#N)c1nc(OC)ccc1[N+](=O)[O-]. The van der Waals surface area contributed by atoms with Crippen molar-refractivity contribution in [3.8, 4) is 11.9 Å². The molecule has 0 saturated carbocycles. The summed E-state index contributed by atoms with van der Waals surface area (Å²) in [6.07, 6.45) is -0.300. The largest absolute Gasteiger partial charge is 0.481 e. The molecule has 20 heavy (non-hydrogen) atoms. The summed E-state index contributed by atoms with van der Waals surface area (Å²) in [7, 11) is 1.35. The molecule has 0 fully saturated rings. The van der Waals surface area contributed by atoms with Crippen LogP contribution in [0.1, 0.15) is 25.0 Å². The number of hydrogen-bond donors (Lipinski definition) is 0. The fraction of sp³-hybridized carbons (Fsp3) is 0.417. The van der Waals surface area contributed by atoms with Crippen LogP contribution in [-0.4, -0.2) is 29.6 Å². The highest BCUT2D eigenvalue weighted by Gasteiger charge is 2.27. The summed E-state index contributed by atoms with van der Waals surface area (Å²) >= 11 is 0. The molecule has 1 atom stereocenters. The molecule has 8 heteroatoms. The number of carbonyl (C=O) groups is 1. The predicted octanol–water partition coefficient (Wildman–Crippen LogP) is 1.56. The first-order chi connectivity index (χ1) is 9.53. The van der Waals surface area contributed by atoms with E-state index in [1.165, 1.54) is 19.2 Å². The number of aromatic nitrogens is 1. The van der Waals surface area contributed by atoms with Gasteiger partial charge in [0, 0.05) is 12.1 Å². The first-order valence-electron chi connectivity index (χ1n) is 5.78. The molecule has 1 heterocycles. The van der Waals surface area contributed by atoms with E-state index in [1.807, 2.05) is 6.07 Å². The highest BCUT2D eigenvalue weighted by atomic mass is 16.6. The van der Waals surface area contributed by atoms with Crippen LogP contribution in [0, 0.1) is 21.4 Å². The molecule has 0 aromatic carbocycles. The number of hydrogen-bond acceptors (Lipinski definition) is 7. The lowest BCUT2D eigenvalue weighted by Gasteiger charge is -2.09. The fourth-order valence-corrected chi connectivity index (χ4v) is 1.56. The lowest BCUT2D eigenvalue weighted by molar-refractivity contribution is -0.386. The van der Waals surface area contributed by atoms with Gasteiger partial charge >= 0.3 is 5.97 Å². The molecule has 0 amide bonds. The van der Waals surface area contributed by atoms with Crippen molar-refractivity contribution in [3.63, 3.8) is 0 Å². The zero-order chi connectivity index (χ0) is 15.1. The minimum absolute atomic E-state index is 0.107. The van der Waals surface area contributed by atoms with Crippen molar-refractivity contribution in [2.45, 2.75) is 19.3 Å². The number of carbonyl (C=O) groups excluding carboxylic acids is 1. The van der Waals surface area contributed by atoms with Crippen LogP contribution >= 0.6 is 0 Å². The zero-order valence-corrected chi connectivity index (χ0v) is 11.0. The minimum atomic E-state index is -1.07. The Morgan fingerprint density at radius 2 is 2.30 bits per heavy atom. The summed E-state index contributed by atoms with van der Waals surface area (Å²) in [5, 5.41) is 20.1. The standard InChI is InChI=1S/C12H13N3O5/c1-3-20-11(16)6-8(7-13)12-9(15(17)18)4-5-10(14-12)19-2/h4-5,8H,3,6H2,1-2H3. The molecule has 0 N–H and O–H groups in total. The molecule has 1 rings (SSSR count). The Morgan fingerprint density at radius 3 is 2.80 bits per heavy atom. The van der Waals surface area contributed by atoms with Gasteiger partial charge < -0.3 is 9.47 Å². The number of nitriles is 1. The van der Waals surface area contributed by atoms with Crippen LogP contribution in [-0.2, 0) is 9.53 Å². The van der Waals surface area contributed by atoms with Crippen molar-refractivity contribution < 1.29 is 19.2 Å². The topological polar surface area (TPSA) is 115 Å². The van der Waals surface area contributed by atoms with Crippen LogP contribution in [0.2, 0.25) is 0 Å². The summed E-state index contributed by atoms with van der Waals surface area (Å²) in [6.45, 7) is 1.80. The second kappa shape index (κ2) is 7.04. The van der Waals surface area contributed by atoms with Crippen molar-refractivity contribution in [2.75, 3.05) is 13.7 Å². The van der Waals surface area contributed by atoms with Crippen molar-refractivity contribution in [3.05, 3.63) is 27.9 Å². The van der Waals surface area contributed by atoms with E-state index in [2.05, 4.69) is 4.98 Å². The molecule has 0 bridgehead atoms. The maximum absolute atomic E-state index is 11.4. The van der Waals surface area contributed by atoms with Gasteiger partial charge in [0.05, 0.1) is 31.1 Å². The lowest BCUT2D eigenvalue weighted by atomic mass is 10.0. The minimum Gasteiger partial charge on any atom is -0.481 e. The van der Waals surface area contributed by atoms with E-state index in [4.69, 9.17) is 14.7 Å². The number of ether oxygens (including phenoxy) is 2. The highest BCUT2D eigenvalue weighted by molar-refractivity contribution is 5.71. The van der Waals surface area contributed by atoms with Crippen molar-refractivity contribution in [2.24, 2.45) is 0 Å². The fourth-order valence-electron chi connectivity index (χ4n) is 1.56. The average Bonchev–Trinajstić information content (AvgIpc) is 2.44. The number of pyridine rings is 1. The summed E-state index contributed by atoms with van der Waals surface area (Å²) in [6, 6.07) is 4.34. The van der Waals surface area contributed by atoms with Crippen LogP contribution in [0.4, 0.5) is 5.69 Å². The molecular weight excluding hydrogens is 266 g/mol. The maximum Gasteiger partial charge on any atom is 0.307 e. The zero-order valence-electron chi connectivity index (χ0n) is 11.0. The Balaban J connectivity index is 3.15. The summed E-state index contributed by atoms with van der Waals surface area (Å²) < 4.78 is 9.61. The molecular formula is C12H13N3O5. The molecule has 1 unspecified atom stereocenters. The van der Waals surface area contributed by atoms with Gasteiger partial charge in [0.1, 0.15) is 11.6 Å². The van der Waals surface area contributed by atoms with Gasteiger partial charge in [0.15, 0.2) is 0 Å². The van der Waals surface area contributed by atoms with Gasteiger partial charge in [-0.15, -0.1) is 0 Å². The second-order valence-corrected chi connectivity index (χ2v) is 3.71. The monoisotopic (exact) mass is 279 g/mol. The third-order valence-corrected chi connectivity index (χ3v) is 2.44. The van der Waals surface area contributed by atoms with Gasteiger partial charge in [-0.05, 0) is 6.92 Å². The van der Waals surface area contributed by atoms with Gasteiger partial charge in [-0.3, -0.25) is 14.9 Å². The van der Waals surface area contributed by atoms with E-state index in [1.54, 1.807) is 6.92 Å². The Labute approximate surface area is 115 Å². The lowest BCUT2D eigenvalue weighted by Crippen LogP contribution is -2.12. The molecule has 0 aliphatic heterocycles. The van der Waals surface area contributed by atoms with Gasteiger partial charge in [-0.1, -0.05) is 0 Å². The molecule has 1 aromatic rings. The van der Waals surface area contributed by atoms with E-state index in [0.717, 1.165) is 0 Å². The van der Waals surface area contributed by atoms with Crippen LogP contribution < -0.4 is 4.74 Å². The number of rotatable bonds is 6. The third kappa shape index (κ3) is 3.65. The molecule has 0 aliphatic rings. The predicted molar refractivity (Wildman–Crippen MR) is 67.0 cm³/mol. The van der Waals surface area contributed by atoms with E-state index in [9.17, 15) is 14.9 Å². The molecule has 8 nitrogen and oxygen atoms in total. The van der Waals surface area contributed by atoms with Crippen LogP contribution in [0.3, 0.4) is 0 Å². The maximum atomic E-state index is 11.4. The van der Waals surface area contributed by atoms with Gasteiger partial charge in [0.2, 0.25) is 5.88 Å². The van der Waals surface area contributed by atoms with Gasteiger partial charge in [-0.2, -0.15) is 5.26 Å².